The number of benzene rings is 1. The van der Waals surface area contributed by atoms with E-state index in [-0.39, 0.29) is 29.8 Å². The van der Waals surface area contributed by atoms with Crippen LogP contribution in [0.4, 0.5) is 0 Å². The molecule has 0 spiro atoms. The molecular formula is C14H18N2O4S. The van der Waals surface area contributed by atoms with E-state index in [1.54, 1.807) is 24.3 Å². The summed E-state index contributed by atoms with van der Waals surface area (Å²) < 4.78 is 22.6. The summed E-state index contributed by atoms with van der Waals surface area (Å²) in [5.41, 5.74) is 6.13. The fourth-order valence-electron chi connectivity index (χ4n) is 2.25. The highest BCUT2D eigenvalue weighted by molar-refractivity contribution is 7.91. The Morgan fingerprint density at radius 1 is 1.19 bits per heavy atom. The Hall–Kier alpha value is -1.89. The standard InChI is InChI=1S/C14H18N2O4S/c1-10-2-4-12(5-3-10)14(18)16-15-13(17)8-11-6-7-21(19,20)9-11/h2-5,11H,6-9H2,1H3,(H,15,17)(H,16,18). The van der Waals surface area contributed by atoms with Crippen molar-refractivity contribution >= 4 is 21.7 Å². The van der Waals surface area contributed by atoms with Gasteiger partial charge >= 0.3 is 0 Å². The summed E-state index contributed by atoms with van der Waals surface area (Å²) in [5, 5.41) is 0. The van der Waals surface area contributed by atoms with Crippen molar-refractivity contribution in [3.05, 3.63) is 35.4 Å². The molecule has 0 bridgehead atoms. The van der Waals surface area contributed by atoms with Crippen molar-refractivity contribution in [2.75, 3.05) is 11.5 Å². The van der Waals surface area contributed by atoms with Crippen molar-refractivity contribution in [3.63, 3.8) is 0 Å². The summed E-state index contributed by atoms with van der Waals surface area (Å²) in [6.45, 7) is 1.92. The van der Waals surface area contributed by atoms with E-state index in [4.69, 9.17) is 0 Å². The second-order valence-corrected chi connectivity index (χ2v) is 7.57. The zero-order valence-electron chi connectivity index (χ0n) is 11.8. The molecule has 0 aliphatic carbocycles. The number of carbonyl (C=O) groups excluding carboxylic acids is 2. The lowest BCUT2D eigenvalue weighted by Crippen LogP contribution is -2.42. The van der Waals surface area contributed by atoms with Crippen molar-refractivity contribution in [3.8, 4) is 0 Å². The number of carbonyl (C=O) groups is 2. The van der Waals surface area contributed by atoms with Gasteiger partial charge in [-0.3, -0.25) is 20.4 Å². The second kappa shape index (κ2) is 6.26. The quantitative estimate of drug-likeness (QED) is 0.799. The molecule has 0 aromatic heterocycles. The fourth-order valence-corrected chi connectivity index (χ4v) is 4.11. The Morgan fingerprint density at radius 3 is 2.43 bits per heavy atom. The van der Waals surface area contributed by atoms with Gasteiger partial charge in [-0.1, -0.05) is 17.7 Å². The van der Waals surface area contributed by atoms with E-state index in [1.807, 2.05) is 6.92 Å². The highest BCUT2D eigenvalue weighted by Crippen LogP contribution is 2.21. The molecule has 21 heavy (non-hydrogen) atoms. The molecule has 1 aliphatic heterocycles. The largest absolute Gasteiger partial charge is 0.273 e. The Kier molecular flexibility index (Phi) is 4.62. The molecule has 2 rings (SSSR count). The molecule has 0 saturated carbocycles. The Balaban J connectivity index is 1.79. The highest BCUT2D eigenvalue weighted by Gasteiger charge is 2.29. The molecular weight excluding hydrogens is 292 g/mol. The maximum atomic E-state index is 11.8. The minimum absolute atomic E-state index is 0.0479. The van der Waals surface area contributed by atoms with E-state index in [0.717, 1.165) is 5.56 Å². The smallest absolute Gasteiger partial charge is 0.269 e. The van der Waals surface area contributed by atoms with Gasteiger partial charge < -0.3 is 0 Å². The molecule has 114 valence electrons. The molecule has 1 unspecified atom stereocenters. The van der Waals surface area contributed by atoms with Gasteiger partial charge in [-0.05, 0) is 31.4 Å². The third kappa shape index (κ3) is 4.56. The summed E-state index contributed by atoms with van der Waals surface area (Å²) in [7, 11) is -2.99. The van der Waals surface area contributed by atoms with Gasteiger partial charge in [0.25, 0.3) is 5.91 Å². The van der Waals surface area contributed by atoms with Crippen molar-refractivity contribution in [2.24, 2.45) is 5.92 Å². The number of hydrogen-bond acceptors (Lipinski definition) is 4. The van der Waals surface area contributed by atoms with E-state index in [9.17, 15) is 18.0 Å². The molecule has 1 atom stereocenters. The minimum atomic E-state index is -2.99. The van der Waals surface area contributed by atoms with E-state index >= 15 is 0 Å². The first-order valence-corrected chi connectivity index (χ1v) is 8.54. The van der Waals surface area contributed by atoms with Gasteiger partial charge in [0.1, 0.15) is 0 Å². The lowest BCUT2D eigenvalue weighted by Gasteiger charge is -2.10. The second-order valence-electron chi connectivity index (χ2n) is 5.34. The van der Waals surface area contributed by atoms with Crippen LogP contribution in [0.1, 0.15) is 28.8 Å². The Morgan fingerprint density at radius 2 is 1.86 bits per heavy atom. The molecule has 2 N–H and O–H groups in total. The highest BCUT2D eigenvalue weighted by atomic mass is 32.2. The maximum Gasteiger partial charge on any atom is 0.269 e. The van der Waals surface area contributed by atoms with E-state index in [0.29, 0.717) is 12.0 Å². The summed E-state index contributed by atoms with van der Waals surface area (Å²) in [6.07, 6.45) is 0.606. The lowest BCUT2D eigenvalue weighted by atomic mass is 10.1. The summed E-state index contributed by atoms with van der Waals surface area (Å²) in [4.78, 5) is 23.5. The minimum Gasteiger partial charge on any atom is -0.273 e. The first-order chi connectivity index (χ1) is 9.85. The van der Waals surface area contributed by atoms with E-state index < -0.39 is 15.7 Å². The van der Waals surface area contributed by atoms with Gasteiger partial charge in [-0.2, -0.15) is 0 Å². The average molecular weight is 310 g/mol. The molecule has 1 heterocycles. The fraction of sp³-hybridized carbons (Fsp3) is 0.429. The van der Waals surface area contributed by atoms with Gasteiger partial charge in [0.2, 0.25) is 5.91 Å². The summed E-state index contributed by atoms with van der Waals surface area (Å²) >= 11 is 0. The summed E-state index contributed by atoms with van der Waals surface area (Å²) in [5.74, 6) is -0.751. The zero-order chi connectivity index (χ0) is 15.5. The van der Waals surface area contributed by atoms with Crippen LogP contribution in [-0.4, -0.2) is 31.7 Å². The third-order valence-corrected chi connectivity index (χ3v) is 5.27. The van der Waals surface area contributed by atoms with Gasteiger partial charge in [0.05, 0.1) is 11.5 Å². The molecule has 6 nitrogen and oxygen atoms in total. The van der Waals surface area contributed by atoms with Crippen LogP contribution in [0.5, 0.6) is 0 Å². The molecule has 2 amide bonds. The average Bonchev–Trinajstić information content (AvgIpc) is 2.76. The molecule has 1 aromatic rings. The van der Waals surface area contributed by atoms with Crippen LogP contribution < -0.4 is 10.9 Å². The molecule has 1 aromatic carbocycles. The molecule has 1 saturated heterocycles. The normalized spacial score (nSPS) is 20.0. The SMILES string of the molecule is Cc1ccc(C(=O)NNC(=O)CC2CCS(=O)(=O)C2)cc1. The van der Waals surface area contributed by atoms with E-state index in [1.165, 1.54) is 0 Å². The van der Waals surface area contributed by atoms with Gasteiger partial charge in [-0.25, -0.2) is 8.42 Å². The topological polar surface area (TPSA) is 92.3 Å². The zero-order valence-corrected chi connectivity index (χ0v) is 12.6. The number of rotatable bonds is 3. The Labute approximate surface area is 123 Å². The number of sulfone groups is 1. The predicted octanol–water partition coefficient (Wildman–Crippen LogP) is 0.581. The number of aryl methyl sites for hydroxylation is 1. The molecule has 0 radical (unpaired) electrons. The number of amides is 2. The first kappa shape index (κ1) is 15.5. The van der Waals surface area contributed by atoms with Crippen LogP contribution in [0.3, 0.4) is 0 Å². The monoisotopic (exact) mass is 310 g/mol. The van der Waals surface area contributed by atoms with Gasteiger partial charge in [-0.15, -0.1) is 0 Å². The van der Waals surface area contributed by atoms with Crippen LogP contribution in [0, 0.1) is 12.8 Å². The molecule has 1 fully saturated rings. The van der Waals surface area contributed by atoms with Crippen LogP contribution >= 0.6 is 0 Å². The molecule has 7 heteroatoms. The predicted molar refractivity (Wildman–Crippen MR) is 78.2 cm³/mol. The first-order valence-electron chi connectivity index (χ1n) is 6.72. The summed E-state index contributed by atoms with van der Waals surface area (Å²) in [6, 6.07) is 6.95. The van der Waals surface area contributed by atoms with Crippen LogP contribution in [0.2, 0.25) is 0 Å². The van der Waals surface area contributed by atoms with Crippen molar-refractivity contribution in [2.45, 2.75) is 19.8 Å². The number of hydrogen-bond donors (Lipinski definition) is 2. The number of hydrazine groups is 1. The van der Waals surface area contributed by atoms with Gasteiger partial charge in [0.15, 0.2) is 9.84 Å². The lowest BCUT2D eigenvalue weighted by molar-refractivity contribution is -0.122. The third-order valence-electron chi connectivity index (χ3n) is 3.43. The van der Waals surface area contributed by atoms with Gasteiger partial charge in [0, 0.05) is 12.0 Å². The number of nitrogens with one attached hydrogen (secondary N) is 2. The van der Waals surface area contributed by atoms with Crippen molar-refractivity contribution in [1.82, 2.24) is 10.9 Å². The van der Waals surface area contributed by atoms with Crippen molar-refractivity contribution < 1.29 is 18.0 Å². The van der Waals surface area contributed by atoms with E-state index in [2.05, 4.69) is 10.9 Å². The van der Waals surface area contributed by atoms with Crippen LogP contribution in [0.15, 0.2) is 24.3 Å². The van der Waals surface area contributed by atoms with Crippen LogP contribution in [0.25, 0.3) is 0 Å². The maximum absolute atomic E-state index is 11.8. The Bertz CT molecular complexity index is 637. The molecule has 1 aliphatic rings. The van der Waals surface area contributed by atoms with Crippen LogP contribution in [-0.2, 0) is 14.6 Å². The van der Waals surface area contributed by atoms with Crippen molar-refractivity contribution in [1.29, 1.82) is 0 Å².